The molecule has 1 heterocycles. The van der Waals surface area contributed by atoms with Crippen molar-refractivity contribution in [3.63, 3.8) is 0 Å². The van der Waals surface area contributed by atoms with Gasteiger partial charge in [0.15, 0.2) is 5.78 Å². The average Bonchev–Trinajstić information content (AvgIpc) is 2.63. The number of ketones is 1. The Bertz CT molecular complexity index is 896. The standard InChI is InChI=1S/C20H19ClN4O/c1-14(26)16-5-7-18(8-6-16)24-19-10-12-23-20(25-19)22-11-9-15-3-2-4-17(21)13-15/h2-8,10,12-13H,9,11H2,1H3,(H2,22,23,24,25). The molecule has 26 heavy (non-hydrogen) atoms. The zero-order chi connectivity index (χ0) is 18.4. The van der Waals surface area contributed by atoms with Crippen LogP contribution in [0.1, 0.15) is 22.8 Å². The number of anilines is 3. The van der Waals surface area contributed by atoms with Gasteiger partial charge in [0, 0.05) is 29.0 Å². The molecule has 0 spiro atoms. The second kappa shape index (κ2) is 8.45. The van der Waals surface area contributed by atoms with E-state index in [2.05, 4.69) is 20.6 Å². The minimum Gasteiger partial charge on any atom is -0.354 e. The first kappa shape index (κ1) is 17.9. The van der Waals surface area contributed by atoms with E-state index in [-0.39, 0.29) is 5.78 Å². The Morgan fingerprint density at radius 2 is 1.92 bits per heavy atom. The number of Topliss-reactive ketones (excluding diaryl/α,β-unsaturated/α-hetero) is 1. The summed E-state index contributed by atoms with van der Waals surface area (Å²) in [5.74, 6) is 1.28. The third kappa shape index (κ3) is 5.04. The van der Waals surface area contributed by atoms with Crippen LogP contribution in [0.2, 0.25) is 5.02 Å². The first-order chi connectivity index (χ1) is 12.6. The second-order valence-corrected chi connectivity index (χ2v) is 6.27. The maximum absolute atomic E-state index is 11.3. The van der Waals surface area contributed by atoms with Gasteiger partial charge in [-0.25, -0.2) is 4.98 Å². The third-order valence-corrected chi connectivity index (χ3v) is 4.04. The number of carbonyl (C=O) groups is 1. The lowest BCUT2D eigenvalue weighted by Crippen LogP contribution is -2.08. The van der Waals surface area contributed by atoms with E-state index in [9.17, 15) is 4.79 Å². The van der Waals surface area contributed by atoms with E-state index in [1.165, 1.54) is 0 Å². The van der Waals surface area contributed by atoms with Crippen molar-refractivity contribution >= 4 is 34.8 Å². The highest BCUT2D eigenvalue weighted by atomic mass is 35.5. The molecule has 1 aromatic heterocycles. The smallest absolute Gasteiger partial charge is 0.224 e. The predicted molar refractivity (Wildman–Crippen MR) is 105 cm³/mol. The van der Waals surface area contributed by atoms with Crippen molar-refractivity contribution in [1.82, 2.24) is 9.97 Å². The molecular formula is C20H19ClN4O. The quantitative estimate of drug-likeness (QED) is 0.591. The van der Waals surface area contributed by atoms with Crippen molar-refractivity contribution in [2.24, 2.45) is 0 Å². The number of nitrogens with one attached hydrogen (secondary N) is 2. The molecule has 132 valence electrons. The van der Waals surface area contributed by atoms with Crippen molar-refractivity contribution in [3.8, 4) is 0 Å². The fourth-order valence-electron chi connectivity index (χ4n) is 2.46. The molecule has 0 aliphatic rings. The fraction of sp³-hybridized carbons (Fsp3) is 0.150. The molecule has 6 heteroatoms. The first-order valence-electron chi connectivity index (χ1n) is 8.29. The molecule has 2 aromatic carbocycles. The van der Waals surface area contributed by atoms with Gasteiger partial charge in [0.25, 0.3) is 0 Å². The minimum absolute atomic E-state index is 0.0461. The molecule has 3 rings (SSSR count). The van der Waals surface area contributed by atoms with Gasteiger partial charge in [-0.15, -0.1) is 0 Å². The van der Waals surface area contributed by atoms with Crippen LogP contribution in [0.5, 0.6) is 0 Å². The predicted octanol–water partition coefficient (Wildman–Crippen LogP) is 4.73. The third-order valence-electron chi connectivity index (χ3n) is 3.81. The fourth-order valence-corrected chi connectivity index (χ4v) is 2.67. The van der Waals surface area contributed by atoms with E-state index in [1.54, 1.807) is 31.3 Å². The number of nitrogens with zero attached hydrogens (tertiary/aromatic N) is 2. The number of carbonyl (C=O) groups excluding carboxylic acids is 1. The zero-order valence-electron chi connectivity index (χ0n) is 14.4. The van der Waals surface area contributed by atoms with Crippen molar-refractivity contribution in [1.29, 1.82) is 0 Å². The molecule has 0 amide bonds. The molecule has 3 aromatic rings. The highest BCUT2D eigenvalue weighted by Crippen LogP contribution is 2.16. The van der Waals surface area contributed by atoms with E-state index in [1.807, 2.05) is 36.4 Å². The number of benzene rings is 2. The van der Waals surface area contributed by atoms with Crippen molar-refractivity contribution < 1.29 is 4.79 Å². The molecule has 0 fully saturated rings. The van der Waals surface area contributed by atoms with E-state index >= 15 is 0 Å². The summed E-state index contributed by atoms with van der Waals surface area (Å²) in [5.41, 5.74) is 2.70. The van der Waals surface area contributed by atoms with Crippen LogP contribution >= 0.6 is 11.6 Å². The lowest BCUT2D eigenvalue weighted by atomic mass is 10.1. The Morgan fingerprint density at radius 3 is 2.65 bits per heavy atom. The van der Waals surface area contributed by atoms with Crippen LogP contribution in [-0.4, -0.2) is 22.3 Å². The maximum atomic E-state index is 11.3. The molecule has 0 saturated heterocycles. The lowest BCUT2D eigenvalue weighted by molar-refractivity contribution is 0.101. The van der Waals surface area contributed by atoms with Gasteiger partial charge in [-0.05, 0) is 61.4 Å². The SMILES string of the molecule is CC(=O)c1ccc(Nc2ccnc(NCCc3cccc(Cl)c3)n2)cc1. The Balaban J connectivity index is 1.58. The van der Waals surface area contributed by atoms with Gasteiger partial charge in [0.2, 0.25) is 5.95 Å². The van der Waals surface area contributed by atoms with Gasteiger partial charge in [0.05, 0.1) is 0 Å². The van der Waals surface area contributed by atoms with Crippen LogP contribution in [0.3, 0.4) is 0 Å². The highest BCUT2D eigenvalue weighted by Gasteiger charge is 2.02. The van der Waals surface area contributed by atoms with Crippen LogP contribution in [0.25, 0.3) is 0 Å². The monoisotopic (exact) mass is 366 g/mol. The lowest BCUT2D eigenvalue weighted by Gasteiger charge is -2.09. The van der Waals surface area contributed by atoms with Crippen LogP contribution < -0.4 is 10.6 Å². The number of rotatable bonds is 7. The number of halogens is 1. The zero-order valence-corrected chi connectivity index (χ0v) is 15.1. The van der Waals surface area contributed by atoms with Gasteiger partial charge < -0.3 is 10.6 Å². The normalized spacial score (nSPS) is 10.4. The summed E-state index contributed by atoms with van der Waals surface area (Å²) in [6, 6.07) is 16.9. The summed E-state index contributed by atoms with van der Waals surface area (Å²) in [6.45, 7) is 2.26. The molecule has 0 atom stereocenters. The largest absolute Gasteiger partial charge is 0.354 e. The summed E-state index contributed by atoms with van der Waals surface area (Å²) in [5, 5.41) is 7.16. The van der Waals surface area contributed by atoms with E-state index in [0.717, 1.165) is 22.7 Å². The summed E-state index contributed by atoms with van der Waals surface area (Å²) in [7, 11) is 0. The van der Waals surface area contributed by atoms with E-state index in [0.29, 0.717) is 23.9 Å². The molecule has 0 saturated carbocycles. The number of hydrogen-bond donors (Lipinski definition) is 2. The molecule has 5 nitrogen and oxygen atoms in total. The molecule has 0 unspecified atom stereocenters. The molecule has 0 radical (unpaired) electrons. The Morgan fingerprint density at radius 1 is 1.12 bits per heavy atom. The number of aromatic nitrogens is 2. The van der Waals surface area contributed by atoms with E-state index < -0.39 is 0 Å². The Kier molecular flexibility index (Phi) is 5.81. The van der Waals surface area contributed by atoms with Crippen molar-refractivity contribution in [3.05, 3.63) is 76.9 Å². The van der Waals surface area contributed by atoms with Gasteiger partial charge >= 0.3 is 0 Å². The molecule has 0 aliphatic carbocycles. The van der Waals surface area contributed by atoms with Crippen molar-refractivity contribution in [2.75, 3.05) is 17.2 Å². The van der Waals surface area contributed by atoms with E-state index in [4.69, 9.17) is 11.6 Å². The van der Waals surface area contributed by atoms with Gasteiger partial charge in [-0.2, -0.15) is 4.98 Å². The van der Waals surface area contributed by atoms with Gasteiger partial charge in [-0.3, -0.25) is 4.79 Å². The first-order valence-corrected chi connectivity index (χ1v) is 8.67. The highest BCUT2D eigenvalue weighted by molar-refractivity contribution is 6.30. The summed E-state index contributed by atoms with van der Waals surface area (Å²) < 4.78 is 0. The minimum atomic E-state index is 0.0461. The molecule has 2 N–H and O–H groups in total. The summed E-state index contributed by atoms with van der Waals surface area (Å²) >= 11 is 5.99. The Labute approximate surface area is 157 Å². The van der Waals surface area contributed by atoms with Crippen LogP contribution in [-0.2, 0) is 6.42 Å². The summed E-state index contributed by atoms with van der Waals surface area (Å²) in [6.07, 6.45) is 2.52. The molecule has 0 bridgehead atoms. The topological polar surface area (TPSA) is 66.9 Å². The average molecular weight is 367 g/mol. The molecule has 0 aliphatic heterocycles. The summed E-state index contributed by atoms with van der Waals surface area (Å²) in [4.78, 5) is 20.0. The van der Waals surface area contributed by atoms with Crippen molar-refractivity contribution in [2.45, 2.75) is 13.3 Å². The second-order valence-electron chi connectivity index (χ2n) is 5.83. The van der Waals surface area contributed by atoms with Crippen LogP contribution in [0, 0.1) is 0 Å². The van der Waals surface area contributed by atoms with Crippen LogP contribution in [0.4, 0.5) is 17.5 Å². The van der Waals surface area contributed by atoms with Crippen LogP contribution in [0.15, 0.2) is 60.8 Å². The molecular weight excluding hydrogens is 348 g/mol. The Hall–Kier alpha value is -2.92. The number of hydrogen-bond acceptors (Lipinski definition) is 5. The van der Waals surface area contributed by atoms with Gasteiger partial charge in [0.1, 0.15) is 5.82 Å². The van der Waals surface area contributed by atoms with Gasteiger partial charge in [-0.1, -0.05) is 23.7 Å². The maximum Gasteiger partial charge on any atom is 0.224 e.